The van der Waals surface area contributed by atoms with Crippen LogP contribution >= 0.6 is 23.2 Å². The van der Waals surface area contributed by atoms with Gasteiger partial charge in [-0.05, 0) is 66.9 Å². The Morgan fingerprint density at radius 3 is 2.25 bits per heavy atom. The first-order valence-electron chi connectivity index (χ1n) is 9.87. The van der Waals surface area contributed by atoms with Crippen molar-refractivity contribution in [2.24, 2.45) is 0 Å². The third-order valence-corrected chi connectivity index (χ3v) is 5.94. The molecule has 1 heterocycles. The van der Waals surface area contributed by atoms with E-state index in [1.54, 1.807) is 48.5 Å². The Morgan fingerprint density at radius 1 is 0.875 bits per heavy atom. The predicted molar refractivity (Wildman–Crippen MR) is 128 cm³/mol. The number of carbonyl (C=O) groups excluding carboxylic acids is 2. The summed E-state index contributed by atoms with van der Waals surface area (Å²) in [4.78, 5) is 28.4. The molecule has 0 bridgehead atoms. The molecule has 0 aromatic heterocycles. The van der Waals surface area contributed by atoms with Gasteiger partial charge in [0.15, 0.2) is 0 Å². The van der Waals surface area contributed by atoms with E-state index in [4.69, 9.17) is 27.9 Å². The zero-order chi connectivity index (χ0) is 23.0. The molecule has 4 rings (SSSR count). The molecule has 1 aliphatic rings. The minimum absolute atomic E-state index is 0.138. The Balaban J connectivity index is 1.88. The van der Waals surface area contributed by atoms with Crippen LogP contribution < -0.4 is 15.0 Å². The third kappa shape index (κ3) is 3.85. The number of aryl methyl sites for hydroxylation is 1. The Labute approximate surface area is 196 Å². The van der Waals surface area contributed by atoms with Crippen molar-refractivity contribution in [3.63, 3.8) is 0 Å². The van der Waals surface area contributed by atoms with E-state index in [1.165, 1.54) is 12.0 Å². The second kappa shape index (κ2) is 8.69. The Morgan fingerprint density at radius 2 is 1.56 bits per heavy atom. The largest absolute Gasteiger partial charge is 0.495 e. The fourth-order valence-electron chi connectivity index (χ4n) is 3.64. The number of rotatable bonds is 5. The second-order valence-corrected chi connectivity index (χ2v) is 8.26. The molecule has 5 nitrogen and oxygen atoms in total. The van der Waals surface area contributed by atoms with Crippen LogP contribution in [0.15, 0.2) is 66.4 Å². The van der Waals surface area contributed by atoms with Crippen molar-refractivity contribution in [1.82, 2.24) is 0 Å². The molecule has 0 atom stereocenters. The smallest absolute Gasteiger partial charge is 0.282 e. The van der Waals surface area contributed by atoms with E-state index in [0.29, 0.717) is 32.7 Å². The summed E-state index contributed by atoms with van der Waals surface area (Å²) in [5, 5.41) is 4.10. The molecular formula is C25H20Cl2N2O3. The van der Waals surface area contributed by atoms with Crippen LogP contribution in [0.4, 0.5) is 11.4 Å². The van der Waals surface area contributed by atoms with Gasteiger partial charge in [-0.25, -0.2) is 4.90 Å². The van der Waals surface area contributed by atoms with Crippen LogP contribution in [0.25, 0.3) is 5.57 Å². The van der Waals surface area contributed by atoms with Gasteiger partial charge in [0.2, 0.25) is 0 Å². The van der Waals surface area contributed by atoms with E-state index in [2.05, 4.69) is 5.32 Å². The van der Waals surface area contributed by atoms with E-state index in [9.17, 15) is 9.59 Å². The number of methoxy groups -OCH3 is 1. The van der Waals surface area contributed by atoms with Crippen molar-refractivity contribution in [2.45, 2.75) is 13.8 Å². The fourth-order valence-corrected chi connectivity index (χ4v) is 3.94. The summed E-state index contributed by atoms with van der Waals surface area (Å²) in [5.41, 5.74) is 3.81. The van der Waals surface area contributed by atoms with E-state index < -0.39 is 11.8 Å². The molecule has 0 radical (unpaired) electrons. The third-order valence-electron chi connectivity index (χ3n) is 5.45. The molecule has 0 fully saturated rings. The molecule has 3 aromatic carbocycles. The van der Waals surface area contributed by atoms with Crippen molar-refractivity contribution in [3.8, 4) is 5.75 Å². The van der Waals surface area contributed by atoms with Crippen LogP contribution in [0.3, 0.4) is 0 Å². The van der Waals surface area contributed by atoms with E-state index in [-0.39, 0.29) is 11.3 Å². The van der Waals surface area contributed by atoms with Crippen molar-refractivity contribution in [3.05, 3.63) is 93.1 Å². The van der Waals surface area contributed by atoms with Gasteiger partial charge in [-0.3, -0.25) is 9.59 Å². The maximum absolute atomic E-state index is 13.6. The summed E-state index contributed by atoms with van der Waals surface area (Å²) in [6.45, 7) is 3.83. The molecule has 0 spiro atoms. The quantitative estimate of drug-likeness (QED) is 0.467. The lowest BCUT2D eigenvalue weighted by atomic mass is 10.0. The van der Waals surface area contributed by atoms with Crippen molar-refractivity contribution < 1.29 is 14.3 Å². The van der Waals surface area contributed by atoms with Gasteiger partial charge in [-0.2, -0.15) is 0 Å². The topological polar surface area (TPSA) is 58.6 Å². The number of nitrogens with one attached hydrogen (secondary N) is 1. The number of nitrogens with zero attached hydrogens (tertiary/aromatic N) is 1. The lowest BCUT2D eigenvalue weighted by Gasteiger charge is -2.19. The van der Waals surface area contributed by atoms with Gasteiger partial charge in [0, 0.05) is 10.0 Å². The van der Waals surface area contributed by atoms with Gasteiger partial charge in [-0.15, -0.1) is 0 Å². The Kier molecular flexibility index (Phi) is 5.96. The van der Waals surface area contributed by atoms with Crippen LogP contribution in [0, 0.1) is 13.8 Å². The minimum atomic E-state index is -0.462. The standard InChI is InChI=1S/C25H20Cl2N2O3/c1-14-5-4-6-20(15(14)2)29-24(30)22(16-7-9-17(26)10-8-16)23(25(29)31)28-19-13-18(27)11-12-21(19)32-3/h4-13,28H,1-3H3. The first-order chi connectivity index (χ1) is 15.3. The monoisotopic (exact) mass is 466 g/mol. The number of hydrogen-bond acceptors (Lipinski definition) is 4. The van der Waals surface area contributed by atoms with Crippen molar-refractivity contribution in [1.29, 1.82) is 0 Å². The SMILES string of the molecule is COc1ccc(Cl)cc1NC1=C(c2ccc(Cl)cc2)C(=O)N(c2cccc(C)c2C)C1=O. The number of benzene rings is 3. The molecule has 32 heavy (non-hydrogen) atoms. The fraction of sp³-hybridized carbons (Fsp3) is 0.120. The highest BCUT2D eigenvalue weighted by Crippen LogP contribution is 2.38. The maximum atomic E-state index is 13.6. The number of carbonyl (C=O) groups is 2. The molecule has 0 unspecified atom stereocenters. The maximum Gasteiger partial charge on any atom is 0.282 e. The van der Waals surface area contributed by atoms with Gasteiger partial charge in [0.1, 0.15) is 11.4 Å². The summed E-state index contributed by atoms with van der Waals surface area (Å²) in [6.07, 6.45) is 0. The van der Waals surface area contributed by atoms with Crippen LogP contribution in [0.5, 0.6) is 5.75 Å². The van der Waals surface area contributed by atoms with Crippen LogP contribution in [0.1, 0.15) is 16.7 Å². The van der Waals surface area contributed by atoms with Crippen molar-refractivity contribution in [2.75, 3.05) is 17.3 Å². The molecular weight excluding hydrogens is 447 g/mol. The molecule has 1 N–H and O–H groups in total. The number of anilines is 2. The Hall–Kier alpha value is -3.28. The summed E-state index contributed by atoms with van der Waals surface area (Å²) >= 11 is 12.2. The summed E-state index contributed by atoms with van der Waals surface area (Å²) in [7, 11) is 1.52. The minimum Gasteiger partial charge on any atom is -0.495 e. The van der Waals surface area contributed by atoms with Crippen LogP contribution in [0.2, 0.25) is 10.0 Å². The first-order valence-corrected chi connectivity index (χ1v) is 10.6. The number of halogens is 2. The molecule has 162 valence electrons. The second-order valence-electron chi connectivity index (χ2n) is 7.39. The number of ether oxygens (including phenoxy) is 1. The van der Waals surface area contributed by atoms with E-state index in [1.807, 2.05) is 26.0 Å². The molecule has 2 amide bonds. The van der Waals surface area contributed by atoms with E-state index in [0.717, 1.165) is 11.1 Å². The highest BCUT2D eigenvalue weighted by atomic mass is 35.5. The average molecular weight is 467 g/mol. The lowest BCUT2D eigenvalue weighted by molar-refractivity contribution is -0.120. The summed E-state index contributed by atoms with van der Waals surface area (Å²) < 4.78 is 5.40. The molecule has 7 heteroatoms. The highest BCUT2D eigenvalue weighted by molar-refractivity contribution is 6.46. The van der Waals surface area contributed by atoms with Crippen LogP contribution in [-0.2, 0) is 9.59 Å². The normalized spacial score (nSPS) is 13.7. The molecule has 0 aliphatic carbocycles. The average Bonchev–Trinajstić information content (AvgIpc) is 3.01. The van der Waals surface area contributed by atoms with Gasteiger partial charge in [0.25, 0.3) is 11.8 Å². The molecule has 0 saturated heterocycles. The predicted octanol–water partition coefficient (Wildman–Crippen LogP) is 6.02. The first kappa shape index (κ1) is 21.9. The number of hydrogen-bond donors (Lipinski definition) is 1. The summed E-state index contributed by atoms with van der Waals surface area (Å²) in [5.74, 6) is -0.395. The van der Waals surface area contributed by atoms with Crippen molar-refractivity contribution >= 4 is 52.0 Å². The summed E-state index contributed by atoms with van der Waals surface area (Å²) in [6, 6.07) is 17.3. The van der Waals surface area contributed by atoms with Gasteiger partial charge in [-0.1, -0.05) is 47.5 Å². The zero-order valence-corrected chi connectivity index (χ0v) is 19.2. The van der Waals surface area contributed by atoms with E-state index >= 15 is 0 Å². The van der Waals surface area contributed by atoms with Gasteiger partial charge in [0.05, 0.1) is 24.1 Å². The van der Waals surface area contributed by atoms with Gasteiger partial charge >= 0.3 is 0 Å². The van der Waals surface area contributed by atoms with Gasteiger partial charge < -0.3 is 10.1 Å². The lowest BCUT2D eigenvalue weighted by Crippen LogP contribution is -2.33. The zero-order valence-electron chi connectivity index (χ0n) is 17.7. The number of imide groups is 1. The number of amides is 2. The molecule has 1 aliphatic heterocycles. The molecule has 3 aromatic rings. The van der Waals surface area contributed by atoms with Crippen LogP contribution in [-0.4, -0.2) is 18.9 Å². The molecule has 0 saturated carbocycles. The highest BCUT2D eigenvalue weighted by Gasteiger charge is 2.41. The Bertz CT molecular complexity index is 1270.